The molecule has 5 rings (SSSR count). The maximum Gasteiger partial charge on any atom is 0.283 e. The van der Waals surface area contributed by atoms with Gasteiger partial charge in [0.25, 0.3) is 5.91 Å². The van der Waals surface area contributed by atoms with Crippen LogP contribution >= 0.6 is 11.3 Å². The van der Waals surface area contributed by atoms with Crippen molar-refractivity contribution in [2.45, 2.75) is 12.5 Å². The minimum atomic E-state index is -0.300. The normalized spacial score (nSPS) is 15.5. The number of para-hydroxylation sites is 1. The summed E-state index contributed by atoms with van der Waals surface area (Å²) >= 11 is 1.59. The average Bonchev–Trinajstić information content (AvgIpc) is 3.61. The molecule has 0 saturated heterocycles. The largest absolute Gasteiger partial charge is 0.493 e. The van der Waals surface area contributed by atoms with Gasteiger partial charge in [-0.25, -0.2) is 5.01 Å². The van der Waals surface area contributed by atoms with E-state index in [1.165, 1.54) is 9.85 Å². The number of hydrogen-bond donors (Lipinski definition) is 0. The first kappa shape index (κ1) is 21.0. The van der Waals surface area contributed by atoms with Crippen molar-refractivity contribution in [3.05, 3.63) is 70.4 Å². The molecule has 1 amide bonds. The highest BCUT2D eigenvalue weighted by Crippen LogP contribution is 2.37. The molecule has 0 spiro atoms. The highest BCUT2D eigenvalue weighted by atomic mass is 32.1. The summed E-state index contributed by atoms with van der Waals surface area (Å²) < 4.78 is 10.8. The van der Waals surface area contributed by atoms with Gasteiger partial charge in [-0.15, -0.1) is 16.4 Å². The van der Waals surface area contributed by atoms with Crippen molar-refractivity contribution in [3.63, 3.8) is 0 Å². The molecule has 1 unspecified atom stereocenters. The van der Waals surface area contributed by atoms with Crippen molar-refractivity contribution in [3.8, 4) is 11.5 Å². The zero-order valence-electron chi connectivity index (χ0n) is 18.0. The average molecular weight is 464 g/mol. The second-order valence-corrected chi connectivity index (χ2v) is 8.27. The van der Waals surface area contributed by atoms with Gasteiger partial charge in [-0.2, -0.15) is 5.10 Å². The van der Waals surface area contributed by atoms with E-state index in [0.29, 0.717) is 29.0 Å². The lowest BCUT2D eigenvalue weighted by Crippen LogP contribution is -2.34. The number of nitrogens with zero attached hydrogens (tertiary/aromatic N) is 5. The number of rotatable bonds is 7. The lowest BCUT2D eigenvalue weighted by atomic mass is 10.0. The molecule has 3 heterocycles. The molecule has 0 saturated carbocycles. The summed E-state index contributed by atoms with van der Waals surface area (Å²) in [7, 11) is 3.18. The number of carbonyl (C=O) groups is 1. The number of aromatic nitrogens is 3. The van der Waals surface area contributed by atoms with Crippen molar-refractivity contribution in [1.82, 2.24) is 20.2 Å². The minimum Gasteiger partial charge on any atom is -0.493 e. The molecule has 4 aromatic rings. The number of benzene rings is 2. The van der Waals surface area contributed by atoms with Crippen LogP contribution in [0.1, 0.15) is 22.9 Å². The van der Waals surface area contributed by atoms with E-state index < -0.39 is 0 Å². The number of hydrogen-bond acceptors (Lipinski definition) is 8. The van der Waals surface area contributed by atoms with Gasteiger partial charge in [-0.1, -0.05) is 29.1 Å². The first-order chi connectivity index (χ1) is 16.2. The van der Waals surface area contributed by atoms with Gasteiger partial charge in [-0.3, -0.25) is 4.79 Å². The maximum atomic E-state index is 13.2. The van der Waals surface area contributed by atoms with E-state index in [0.717, 1.165) is 16.2 Å². The van der Waals surface area contributed by atoms with Gasteiger partial charge in [0.15, 0.2) is 18.1 Å². The molecule has 1 atom stereocenters. The standard InChI is InChI=1S/C23H21N5O4S/c1-30-20-10-9-15(12-21(20)31-2)19-13-17(22-8-5-11-33-22)25-27(19)23(29)14-32-28-18-7-4-3-6-16(18)24-26-28/h3-12,19H,13-14H2,1-2H3. The van der Waals surface area contributed by atoms with E-state index in [1.54, 1.807) is 25.6 Å². The van der Waals surface area contributed by atoms with Gasteiger partial charge in [0.05, 0.1) is 30.9 Å². The van der Waals surface area contributed by atoms with Crippen LogP contribution in [0.25, 0.3) is 11.0 Å². The van der Waals surface area contributed by atoms with Gasteiger partial charge in [-0.05, 0) is 46.5 Å². The molecule has 0 aliphatic carbocycles. The molecule has 33 heavy (non-hydrogen) atoms. The highest BCUT2D eigenvalue weighted by Gasteiger charge is 2.34. The number of amides is 1. The molecule has 0 N–H and O–H groups in total. The van der Waals surface area contributed by atoms with Crippen molar-refractivity contribution >= 4 is 34.0 Å². The van der Waals surface area contributed by atoms with Crippen LogP contribution in [0.5, 0.6) is 11.5 Å². The third-order valence-electron chi connectivity index (χ3n) is 5.40. The van der Waals surface area contributed by atoms with Crippen LogP contribution in [0.2, 0.25) is 0 Å². The molecule has 1 aliphatic heterocycles. The van der Waals surface area contributed by atoms with Gasteiger partial charge in [0, 0.05) is 6.42 Å². The van der Waals surface area contributed by atoms with E-state index in [9.17, 15) is 4.79 Å². The Morgan fingerprint density at radius 1 is 1.09 bits per heavy atom. The Hall–Kier alpha value is -3.92. The SMILES string of the molecule is COc1ccc(C2CC(c3cccs3)=NN2C(=O)COn2nnc3ccccc32)cc1OC. The molecular formula is C23H21N5O4S. The molecule has 2 aromatic heterocycles. The summed E-state index contributed by atoms with van der Waals surface area (Å²) in [5.41, 5.74) is 3.12. The number of methoxy groups -OCH3 is 2. The number of ether oxygens (including phenoxy) is 2. The van der Waals surface area contributed by atoms with Gasteiger partial charge in [0.2, 0.25) is 0 Å². The molecule has 0 radical (unpaired) electrons. The highest BCUT2D eigenvalue weighted by molar-refractivity contribution is 7.12. The monoisotopic (exact) mass is 463 g/mol. The Labute approximate surface area is 193 Å². The maximum absolute atomic E-state index is 13.2. The molecule has 0 fully saturated rings. The zero-order chi connectivity index (χ0) is 22.8. The van der Waals surface area contributed by atoms with E-state index in [-0.39, 0.29) is 18.6 Å². The van der Waals surface area contributed by atoms with Crippen LogP contribution in [-0.4, -0.2) is 52.6 Å². The van der Waals surface area contributed by atoms with E-state index >= 15 is 0 Å². The van der Waals surface area contributed by atoms with Crippen LogP contribution in [0.3, 0.4) is 0 Å². The first-order valence-electron chi connectivity index (χ1n) is 10.3. The number of carbonyl (C=O) groups excluding carboxylic acids is 1. The fraction of sp³-hybridized carbons (Fsp3) is 0.217. The lowest BCUT2D eigenvalue weighted by Gasteiger charge is -2.22. The van der Waals surface area contributed by atoms with Crippen LogP contribution in [0.15, 0.2) is 65.1 Å². The van der Waals surface area contributed by atoms with E-state index in [4.69, 9.17) is 14.3 Å². The third kappa shape index (κ3) is 4.00. The summed E-state index contributed by atoms with van der Waals surface area (Å²) in [5, 5.41) is 16.2. The molecule has 9 nitrogen and oxygen atoms in total. The Morgan fingerprint density at radius 2 is 1.94 bits per heavy atom. The number of hydrazone groups is 1. The van der Waals surface area contributed by atoms with Gasteiger partial charge >= 0.3 is 0 Å². The van der Waals surface area contributed by atoms with E-state index in [1.807, 2.05) is 60.0 Å². The van der Waals surface area contributed by atoms with Crippen LogP contribution in [0.4, 0.5) is 0 Å². The first-order valence-corrected chi connectivity index (χ1v) is 11.1. The predicted octanol–water partition coefficient (Wildman–Crippen LogP) is 3.32. The topological polar surface area (TPSA) is 91.1 Å². The fourth-order valence-corrected chi connectivity index (χ4v) is 4.50. The summed E-state index contributed by atoms with van der Waals surface area (Å²) in [6.07, 6.45) is 0.577. The summed E-state index contributed by atoms with van der Waals surface area (Å²) in [6.45, 7) is -0.238. The third-order valence-corrected chi connectivity index (χ3v) is 6.31. The molecule has 1 aliphatic rings. The van der Waals surface area contributed by atoms with Crippen LogP contribution < -0.4 is 14.3 Å². The summed E-state index contributed by atoms with van der Waals surface area (Å²) in [5.74, 6) is 0.927. The van der Waals surface area contributed by atoms with Gasteiger partial charge < -0.3 is 14.3 Å². The zero-order valence-corrected chi connectivity index (χ0v) is 18.9. The minimum absolute atomic E-state index is 0.238. The Kier molecular flexibility index (Phi) is 5.66. The predicted molar refractivity (Wildman–Crippen MR) is 124 cm³/mol. The molecular weight excluding hydrogens is 442 g/mol. The molecule has 168 valence electrons. The van der Waals surface area contributed by atoms with Crippen LogP contribution in [-0.2, 0) is 4.79 Å². The number of fused-ring (bicyclic) bond motifs is 1. The summed E-state index contributed by atoms with van der Waals surface area (Å²) in [6, 6.07) is 16.7. The second kappa shape index (κ2) is 8.91. The Morgan fingerprint density at radius 3 is 2.73 bits per heavy atom. The smallest absolute Gasteiger partial charge is 0.283 e. The second-order valence-electron chi connectivity index (χ2n) is 7.32. The summed E-state index contributed by atoms with van der Waals surface area (Å²) in [4.78, 5) is 21.2. The van der Waals surface area contributed by atoms with Crippen molar-refractivity contribution in [2.75, 3.05) is 20.8 Å². The molecule has 2 aromatic carbocycles. The van der Waals surface area contributed by atoms with Crippen molar-refractivity contribution in [1.29, 1.82) is 0 Å². The van der Waals surface area contributed by atoms with E-state index in [2.05, 4.69) is 15.4 Å². The Bertz CT molecular complexity index is 1320. The number of thiophene rings is 1. The van der Waals surface area contributed by atoms with Gasteiger partial charge in [0.1, 0.15) is 11.0 Å². The fourth-order valence-electron chi connectivity index (χ4n) is 3.78. The quantitative estimate of drug-likeness (QED) is 0.418. The van der Waals surface area contributed by atoms with Crippen molar-refractivity contribution < 1.29 is 19.1 Å². The molecule has 0 bridgehead atoms. The Balaban J connectivity index is 1.42. The lowest BCUT2D eigenvalue weighted by molar-refractivity contribution is -0.138. The van der Waals surface area contributed by atoms with Crippen LogP contribution in [0, 0.1) is 0 Å². The molecule has 10 heteroatoms. The van der Waals surface area contributed by atoms with Crippen molar-refractivity contribution in [2.24, 2.45) is 5.10 Å².